The van der Waals surface area contributed by atoms with Gasteiger partial charge in [-0.3, -0.25) is 4.79 Å². The quantitative estimate of drug-likeness (QED) is 0.584. The Labute approximate surface area is 162 Å². The van der Waals surface area contributed by atoms with Gasteiger partial charge in [0.2, 0.25) is 11.6 Å². The summed E-state index contributed by atoms with van der Waals surface area (Å²) in [6, 6.07) is 16.9. The SMILES string of the molecule is COc1ccc(-[n+]2noc([O-])c2CN(C(=O)Cc2ccccc2)C2CC2)cc1. The maximum absolute atomic E-state index is 12.9. The van der Waals surface area contributed by atoms with Crippen LogP contribution in [0.2, 0.25) is 0 Å². The van der Waals surface area contributed by atoms with Gasteiger partial charge < -0.3 is 19.3 Å². The molecule has 1 aliphatic rings. The van der Waals surface area contributed by atoms with Gasteiger partial charge in [-0.1, -0.05) is 30.3 Å². The van der Waals surface area contributed by atoms with Crippen LogP contribution in [0.25, 0.3) is 5.69 Å². The van der Waals surface area contributed by atoms with Crippen LogP contribution in [0.3, 0.4) is 0 Å². The summed E-state index contributed by atoms with van der Waals surface area (Å²) >= 11 is 0. The molecule has 1 heterocycles. The highest BCUT2D eigenvalue weighted by molar-refractivity contribution is 5.79. The molecule has 2 aromatic carbocycles. The highest BCUT2D eigenvalue weighted by Crippen LogP contribution is 2.30. The Kier molecular flexibility index (Phi) is 4.97. The van der Waals surface area contributed by atoms with E-state index >= 15 is 0 Å². The first kappa shape index (κ1) is 18.0. The Morgan fingerprint density at radius 2 is 1.93 bits per heavy atom. The number of carbonyl (C=O) groups excluding carboxylic acids is 1. The lowest BCUT2D eigenvalue weighted by Gasteiger charge is -2.21. The minimum absolute atomic E-state index is 0.00409. The van der Waals surface area contributed by atoms with Crippen molar-refractivity contribution in [3.8, 4) is 17.4 Å². The molecule has 0 unspecified atom stereocenters. The molecule has 0 saturated heterocycles. The number of aromatic nitrogens is 2. The molecule has 1 fully saturated rings. The van der Waals surface area contributed by atoms with Gasteiger partial charge >= 0.3 is 0 Å². The summed E-state index contributed by atoms with van der Waals surface area (Å²) < 4.78 is 11.5. The van der Waals surface area contributed by atoms with E-state index in [4.69, 9.17) is 9.26 Å². The molecule has 0 aliphatic heterocycles. The van der Waals surface area contributed by atoms with Crippen molar-refractivity contribution in [2.24, 2.45) is 0 Å². The van der Waals surface area contributed by atoms with Gasteiger partial charge in [0, 0.05) is 18.2 Å². The van der Waals surface area contributed by atoms with Crippen molar-refractivity contribution in [2.75, 3.05) is 7.11 Å². The van der Waals surface area contributed by atoms with Gasteiger partial charge in [-0.05, 0) is 35.2 Å². The molecule has 0 bridgehead atoms. The fourth-order valence-electron chi connectivity index (χ4n) is 3.16. The maximum Gasteiger partial charge on any atom is 0.259 e. The number of carbonyl (C=O) groups is 1. The van der Waals surface area contributed by atoms with Crippen molar-refractivity contribution in [1.82, 2.24) is 10.2 Å². The van der Waals surface area contributed by atoms with Crippen LogP contribution in [0.15, 0.2) is 59.1 Å². The molecule has 28 heavy (non-hydrogen) atoms. The molecule has 1 saturated carbocycles. The van der Waals surface area contributed by atoms with Crippen LogP contribution < -0.4 is 14.5 Å². The van der Waals surface area contributed by atoms with Gasteiger partial charge in [0.05, 0.1) is 18.8 Å². The molecule has 1 aliphatic carbocycles. The third-order valence-electron chi connectivity index (χ3n) is 4.84. The summed E-state index contributed by atoms with van der Waals surface area (Å²) in [4.78, 5) is 14.7. The smallest absolute Gasteiger partial charge is 0.259 e. The van der Waals surface area contributed by atoms with E-state index in [0.717, 1.165) is 18.4 Å². The van der Waals surface area contributed by atoms with E-state index in [2.05, 4.69) is 5.27 Å². The first-order valence-corrected chi connectivity index (χ1v) is 9.21. The second-order valence-corrected chi connectivity index (χ2v) is 6.83. The van der Waals surface area contributed by atoms with E-state index in [9.17, 15) is 9.90 Å². The zero-order chi connectivity index (χ0) is 19.5. The molecule has 0 spiro atoms. The summed E-state index contributed by atoms with van der Waals surface area (Å²) in [7, 11) is 1.59. The summed E-state index contributed by atoms with van der Waals surface area (Å²) in [6.45, 7) is 0.171. The normalized spacial score (nSPS) is 13.3. The van der Waals surface area contributed by atoms with E-state index in [1.807, 2.05) is 30.3 Å². The lowest BCUT2D eigenvalue weighted by atomic mass is 10.1. The second kappa shape index (κ2) is 7.72. The fraction of sp³-hybridized carbons (Fsp3) is 0.286. The molecular weight excluding hydrogens is 358 g/mol. The summed E-state index contributed by atoms with van der Waals surface area (Å²) in [5.74, 6) is 0.166. The lowest BCUT2D eigenvalue weighted by molar-refractivity contribution is -0.678. The van der Waals surface area contributed by atoms with Gasteiger partial charge in [0.1, 0.15) is 12.3 Å². The van der Waals surface area contributed by atoms with Crippen molar-refractivity contribution in [2.45, 2.75) is 31.8 Å². The average molecular weight is 379 g/mol. The van der Waals surface area contributed by atoms with Crippen LogP contribution in [0.1, 0.15) is 24.1 Å². The third kappa shape index (κ3) is 3.83. The fourth-order valence-corrected chi connectivity index (χ4v) is 3.16. The number of rotatable bonds is 7. The Bertz CT molecular complexity index is 950. The van der Waals surface area contributed by atoms with E-state index in [1.165, 1.54) is 4.68 Å². The maximum atomic E-state index is 12.9. The Balaban J connectivity index is 1.57. The molecule has 0 radical (unpaired) electrons. The van der Waals surface area contributed by atoms with Crippen molar-refractivity contribution in [1.29, 1.82) is 0 Å². The molecular formula is C21H21N3O4. The van der Waals surface area contributed by atoms with Crippen LogP contribution in [0.5, 0.6) is 11.7 Å². The van der Waals surface area contributed by atoms with Crippen molar-refractivity contribution in [3.63, 3.8) is 0 Å². The minimum atomic E-state index is -0.533. The monoisotopic (exact) mass is 379 g/mol. The number of hydrogen-bond donors (Lipinski definition) is 0. The van der Waals surface area contributed by atoms with Gasteiger partial charge in [-0.15, -0.1) is 0 Å². The highest BCUT2D eigenvalue weighted by Gasteiger charge is 2.35. The van der Waals surface area contributed by atoms with E-state index in [1.54, 1.807) is 36.3 Å². The zero-order valence-electron chi connectivity index (χ0n) is 15.6. The predicted molar refractivity (Wildman–Crippen MR) is 97.8 cm³/mol. The van der Waals surface area contributed by atoms with Gasteiger partial charge in [-0.2, -0.15) is 0 Å². The van der Waals surface area contributed by atoms with E-state index in [-0.39, 0.29) is 18.5 Å². The lowest BCUT2D eigenvalue weighted by Crippen LogP contribution is -2.42. The van der Waals surface area contributed by atoms with Crippen LogP contribution in [0.4, 0.5) is 0 Å². The van der Waals surface area contributed by atoms with Gasteiger partial charge in [-0.25, -0.2) is 0 Å². The van der Waals surface area contributed by atoms with Crippen molar-refractivity contribution >= 4 is 5.91 Å². The average Bonchev–Trinajstić information content (AvgIpc) is 3.50. The first-order valence-electron chi connectivity index (χ1n) is 9.21. The second-order valence-electron chi connectivity index (χ2n) is 6.83. The number of methoxy groups -OCH3 is 1. The summed E-state index contributed by atoms with van der Waals surface area (Å²) in [5, 5.41) is 16.2. The Morgan fingerprint density at radius 1 is 1.21 bits per heavy atom. The van der Waals surface area contributed by atoms with E-state index in [0.29, 0.717) is 23.6 Å². The van der Waals surface area contributed by atoms with Crippen LogP contribution in [-0.2, 0) is 17.8 Å². The molecule has 7 nitrogen and oxygen atoms in total. The molecule has 144 valence electrons. The molecule has 1 amide bonds. The zero-order valence-corrected chi connectivity index (χ0v) is 15.6. The molecule has 1 aromatic heterocycles. The van der Waals surface area contributed by atoms with E-state index < -0.39 is 5.95 Å². The van der Waals surface area contributed by atoms with Gasteiger partial charge in [0.15, 0.2) is 5.95 Å². The summed E-state index contributed by atoms with van der Waals surface area (Å²) in [6.07, 6.45) is 2.20. The molecule has 4 rings (SSSR count). The Hall–Kier alpha value is -3.35. The van der Waals surface area contributed by atoms with Crippen LogP contribution in [-0.4, -0.2) is 29.2 Å². The van der Waals surface area contributed by atoms with Gasteiger partial charge in [0.25, 0.3) is 5.69 Å². The van der Waals surface area contributed by atoms with Crippen LogP contribution in [0, 0.1) is 0 Å². The topological polar surface area (TPSA) is 82.5 Å². The minimum Gasteiger partial charge on any atom is -0.539 e. The van der Waals surface area contributed by atoms with Crippen molar-refractivity contribution < 1.29 is 23.8 Å². The number of benzene rings is 2. The Morgan fingerprint density at radius 3 is 2.57 bits per heavy atom. The first-order chi connectivity index (χ1) is 13.7. The predicted octanol–water partition coefficient (Wildman–Crippen LogP) is 1.77. The third-order valence-corrected chi connectivity index (χ3v) is 4.84. The number of hydrogen-bond acceptors (Lipinski definition) is 5. The molecule has 0 atom stereocenters. The number of ether oxygens (including phenoxy) is 1. The molecule has 0 N–H and O–H groups in total. The van der Waals surface area contributed by atoms with Crippen molar-refractivity contribution in [3.05, 3.63) is 65.9 Å². The largest absolute Gasteiger partial charge is 0.539 e. The highest BCUT2D eigenvalue weighted by atomic mass is 16.6. The van der Waals surface area contributed by atoms with Crippen LogP contribution >= 0.6 is 0 Å². The standard InChI is InChI=1S/C21H21N3O4/c1-27-18-11-9-17(10-12-18)24-19(21(26)28-22-24)14-23(16-7-8-16)20(25)13-15-5-3-2-4-6-15/h2-6,9-12,16H,7-8,13-14H2,1H3. The molecule has 7 heteroatoms. The molecule has 3 aromatic rings. The summed E-state index contributed by atoms with van der Waals surface area (Å²) in [5.41, 5.74) is 1.96. The number of nitrogens with zero attached hydrogens (tertiary/aromatic N) is 3. The number of amides is 1.